The zero-order chi connectivity index (χ0) is 25.3. The van der Waals surface area contributed by atoms with Gasteiger partial charge < -0.3 is 5.32 Å². The van der Waals surface area contributed by atoms with Crippen molar-refractivity contribution in [2.45, 2.75) is 31.1 Å². The molecule has 2 aromatic carbocycles. The number of nitrogens with one attached hydrogen (secondary N) is 3. The van der Waals surface area contributed by atoms with Crippen LogP contribution in [0.4, 0.5) is 0 Å². The largest absolute Gasteiger partial charge is 0.352 e. The average molecular weight is 499 g/mol. The quantitative estimate of drug-likeness (QED) is 0.378. The number of hydrogen-bond acceptors (Lipinski definition) is 5. The molecule has 1 aliphatic rings. The topological polar surface area (TPSA) is 125 Å². The van der Waals surface area contributed by atoms with Gasteiger partial charge in [-0.2, -0.15) is 4.31 Å². The third kappa shape index (κ3) is 7.76. The van der Waals surface area contributed by atoms with Crippen LogP contribution >= 0.6 is 0 Å². The van der Waals surface area contributed by atoms with Crippen molar-refractivity contribution in [2.24, 2.45) is 5.92 Å². The second-order valence-electron chi connectivity index (χ2n) is 8.34. The number of benzene rings is 2. The van der Waals surface area contributed by atoms with Gasteiger partial charge in [0.1, 0.15) is 0 Å². The number of piperidine rings is 1. The summed E-state index contributed by atoms with van der Waals surface area (Å²) in [4.78, 5) is 36.6. The fraction of sp³-hybridized carbons (Fsp3) is 0.320. The molecule has 9 nitrogen and oxygen atoms in total. The molecule has 3 N–H and O–H groups in total. The SMILES string of the molecule is Cc1ccc(S(=O)(=O)N2CCCC(C(=O)NNC(=O)CCNC(=O)C=Cc3ccccc3)C2)cc1. The van der Waals surface area contributed by atoms with E-state index in [0.29, 0.717) is 19.4 Å². The first-order valence-corrected chi connectivity index (χ1v) is 12.9. The molecule has 2 aromatic rings. The molecule has 0 spiro atoms. The molecule has 1 fully saturated rings. The maximum Gasteiger partial charge on any atom is 0.244 e. The molecular weight excluding hydrogens is 468 g/mol. The molecule has 1 unspecified atom stereocenters. The Morgan fingerprint density at radius 2 is 1.74 bits per heavy atom. The van der Waals surface area contributed by atoms with E-state index in [1.807, 2.05) is 37.3 Å². The van der Waals surface area contributed by atoms with Gasteiger partial charge in [-0.05, 0) is 43.5 Å². The van der Waals surface area contributed by atoms with E-state index in [4.69, 9.17) is 0 Å². The molecule has 186 valence electrons. The van der Waals surface area contributed by atoms with E-state index in [-0.39, 0.29) is 30.3 Å². The predicted molar refractivity (Wildman–Crippen MR) is 132 cm³/mol. The van der Waals surface area contributed by atoms with Crippen LogP contribution in [0.2, 0.25) is 0 Å². The first kappa shape index (κ1) is 26.1. The van der Waals surface area contributed by atoms with Crippen molar-refractivity contribution < 1.29 is 22.8 Å². The molecular formula is C25H30N4O5S. The molecule has 1 atom stereocenters. The molecule has 0 radical (unpaired) electrons. The smallest absolute Gasteiger partial charge is 0.244 e. The maximum absolute atomic E-state index is 12.9. The monoisotopic (exact) mass is 498 g/mol. The second-order valence-corrected chi connectivity index (χ2v) is 10.3. The van der Waals surface area contributed by atoms with Crippen LogP contribution in [0.5, 0.6) is 0 Å². The summed E-state index contributed by atoms with van der Waals surface area (Å²) in [5.74, 6) is -1.82. The first-order chi connectivity index (χ1) is 16.8. The number of nitrogens with zero attached hydrogens (tertiary/aromatic N) is 1. The van der Waals surface area contributed by atoms with Gasteiger partial charge in [0, 0.05) is 32.1 Å². The predicted octanol–water partition coefficient (Wildman–Crippen LogP) is 1.76. The molecule has 10 heteroatoms. The van der Waals surface area contributed by atoms with Gasteiger partial charge in [-0.25, -0.2) is 8.42 Å². The van der Waals surface area contributed by atoms with Crippen molar-refractivity contribution in [3.8, 4) is 0 Å². The molecule has 0 aromatic heterocycles. The fourth-order valence-corrected chi connectivity index (χ4v) is 5.15. The summed E-state index contributed by atoms with van der Waals surface area (Å²) in [7, 11) is -3.70. The fourth-order valence-electron chi connectivity index (χ4n) is 3.62. The lowest BCUT2D eigenvalue weighted by atomic mass is 9.99. The van der Waals surface area contributed by atoms with Crippen LogP contribution in [0.15, 0.2) is 65.6 Å². The van der Waals surface area contributed by atoms with Crippen LogP contribution < -0.4 is 16.2 Å². The van der Waals surface area contributed by atoms with Crippen LogP contribution in [0, 0.1) is 12.8 Å². The highest BCUT2D eigenvalue weighted by Crippen LogP contribution is 2.24. The van der Waals surface area contributed by atoms with Crippen molar-refractivity contribution in [3.05, 3.63) is 71.8 Å². The van der Waals surface area contributed by atoms with Crippen LogP contribution in [0.1, 0.15) is 30.4 Å². The van der Waals surface area contributed by atoms with Crippen molar-refractivity contribution in [2.75, 3.05) is 19.6 Å². The standard InChI is InChI=1S/C25H30N4O5S/c1-19-9-12-22(13-10-19)35(33,34)29-17-5-8-21(18-29)25(32)28-27-24(31)15-16-26-23(30)14-11-20-6-3-2-4-7-20/h2-4,6-7,9-14,21H,5,8,15-18H2,1H3,(H,26,30)(H,27,31)(H,28,32). The number of hydrogen-bond donors (Lipinski definition) is 3. The molecule has 3 amide bonds. The number of carbonyl (C=O) groups is 3. The van der Waals surface area contributed by atoms with Gasteiger partial charge in [-0.1, -0.05) is 48.0 Å². The van der Waals surface area contributed by atoms with Gasteiger partial charge in [0.15, 0.2) is 0 Å². The van der Waals surface area contributed by atoms with E-state index < -0.39 is 27.8 Å². The molecule has 35 heavy (non-hydrogen) atoms. The summed E-state index contributed by atoms with van der Waals surface area (Å²) >= 11 is 0. The maximum atomic E-state index is 12.9. The van der Waals surface area contributed by atoms with Gasteiger partial charge in [0.05, 0.1) is 10.8 Å². The molecule has 1 aliphatic heterocycles. The summed E-state index contributed by atoms with van der Waals surface area (Å²) in [5.41, 5.74) is 6.54. The Morgan fingerprint density at radius 1 is 1.03 bits per heavy atom. The number of aryl methyl sites for hydroxylation is 1. The summed E-state index contributed by atoms with van der Waals surface area (Å²) < 4.78 is 27.1. The highest BCUT2D eigenvalue weighted by Gasteiger charge is 2.33. The number of sulfonamides is 1. The van der Waals surface area contributed by atoms with Gasteiger partial charge in [-0.3, -0.25) is 25.2 Å². The zero-order valence-corrected chi connectivity index (χ0v) is 20.4. The minimum Gasteiger partial charge on any atom is -0.352 e. The second kappa shape index (κ2) is 12.3. The normalized spacial score (nSPS) is 16.5. The van der Waals surface area contributed by atoms with Gasteiger partial charge in [0.2, 0.25) is 27.7 Å². The molecule has 3 rings (SSSR count). The Balaban J connectivity index is 1.40. The van der Waals surface area contributed by atoms with Crippen molar-refractivity contribution in [1.82, 2.24) is 20.5 Å². The highest BCUT2D eigenvalue weighted by atomic mass is 32.2. The van der Waals surface area contributed by atoms with Gasteiger partial charge >= 0.3 is 0 Å². The molecule has 0 saturated carbocycles. The number of amides is 3. The third-order valence-electron chi connectivity index (χ3n) is 5.62. The minimum atomic E-state index is -3.70. The lowest BCUT2D eigenvalue weighted by molar-refractivity contribution is -0.132. The number of rotatable bonds is 8. The van der Waals surface area contributed by atoms with Crippen molar-refractivity contribution in [3.63, 3.8) is 0 Å². The first-order valence-electron chi connectivity index (χ1n) is 11.4. The van der Waals surface area contributed by atoms with Crippen LogP contribution in [-0.2, 0) is 24.4 Å². The van der Waals surface area contributed by atoms with Crippen LogP contribution in [-0.4, -0.2) is 50.1 Å². The summed E-state index contributed by atoms with van der Waals surface area (Å²) in [6, 6.07) is 15.9. The zero-order valence-electron chi connectivity index (χ0n) is 19.6. The Morgan fingerprint density at radius 3 is 2.46 bits per heavy atom. The summed E-state index contributed by atoms with van der Waals surface area (Å²) in [5, 5.41) is 2.60. The Hall–Kier alpha value is -3.50. The summed E-state index contributed by atoms with van der Waals surface area (Å²) in [6.45, 7) is 2.36. The van der Waals surface area contributed by atoms with E-state index >= 15 is 0 Å². The molecule has 0 bridgehead atoms. The number of carbonyl (C=O) groups excluding carboxylic acids is 3. The van der Waals surface area contributed by atoms with E-state index in [9.17, 15) is 22.8 Å². The van der Waals surface area contributed by atoms with E-state index in [1.165, 1.54) is 10.4 Å². The number of hydrazine groups is 1. The minimum absolute atomic E-state index is 0.0240. The average Bonchev–Trinajstić information content (AvgIpc) is 2.87. The molecule has 0 aliphatic carbocycles. The van der Waals surface area contributed by atoms with Gasteiger partial charge in [0.25, 0.3) is 0 Å². The molecule has 1 heterocycles. The Labute approximate surface area is 205 Å². The van der Waals surface area contributed by atoms with E-state index in [1.54, 1.807) is 30.3 Å². The lowest BCUT2D eigenvalue weighted by Gasteiger charge is -2.31. The van der Waals surface area contributed by atoms with E-state index in [2.05, 4.69) is 16.2 Å². The molecule has 1 saturated heterocycles. The van der Waals surface area contributed by atoms with Crippen LogP contribution in [0.3, 0.4) is 0 Å². The lowest BCUT2D eigenvalue weighted by Crippen LogP contribution is -2.50. The third-order valence-corrected chi connectivity index (χ3v) is 7.50. The van der Waals surface area contributed by atoms with Crippen molar-refractivity contribution in [1.29, 1.82) is 0 Å². The highest BCUT2D eigenvalue weighted by molar-refractivity contribution is 7.89. The Kier molecular flexibility index (Phi) is 9.16. The van der Waals surface area contributed by atoms with E-state index in [0.717, 1.165) is 11.1 Å². The van der Waals surface area contributed by atoms with Gasteiger partial charge in [-0.15, -0.1) is 0 Å². The Bertz CT molecular complexity index is 1160. The van der Waals surface area contributed by atoms with Crippen LogP contribution in [0.25, 0.3) is 6.08 Å². The van der Waals surface area contributed by atoms with Crippen molar-refractivity contribution >= 4 is 33.8 Å². The summed E-state index contributed by atoms with van der Waals surface area (Å²) in [6.07, 6.45) is 4.09.